The standard InChI is InChI=1S/C22H20N2O4S/c1-26-19-6-3-14(11-20(19)27-2)4-8-21(25)24-22-23-17(13-29-22)15-5-7-18-16(12-15)9-10-28-18/h3-8,11-13H,9-10H2,1-2H3,(H,23,24,25). The molecule has 6 nitrogen and oxygen atoms in total. The molecule has 0 fully saturated rings. The molecule has 148 valence electrons. The number of amides is 1. The van der Waals surface area contributed by atoms with Crippen LogP contribution in [0.5, 0.6) is 17.2 Å². The van der Waals surface area contributed by atoms with Gasteiger partial charge in [-0.15, -0.1) is 11.3 Å². The number of rotatable bonds is 6. The second-order valence-corrected chi connectivity index (χ2v) is 7.25. The van der Waals surface area contributed by atoms with E-state index in [9.17, 15) is 4.79 Å². The average molecular weight is 408 g/mol. The fourth-order valence-corrected chi connectivity index (χ4v) is 3.81. The van der Waals surface area contributed by atoms with Gasteiger partial charge in [-0.3, -0.25) is 10.1 Å². The summed E-state index contributed by atoms with van der Waals surface area (Å²) in [4.78, 5) is 16.8. The minimum atomic E-state index is -0.247. The van der Waals surface area contributed by atoms with Gasteiger partial charge in [0.15, 0.2) is 16.6 Å². The first kappa shape index (κ1) is 19.0. The molecule has 0 unspecified atom stereocenters. The Morgan fingerprint density at radius 2 is 2.03 bits per heavy atom. The van der Waals surface area contributed by atoms with E-state index in [1.54, 1.807) is 26.4 Å². The largest absolute Gasteiger partial charge is 0.493 e. The summed E-state index contributed by atoms with van der Waals surface area (Å²) >= 11 is 1.39. The topological polar surface area (TPSA) is 69.7 Å². The highest BCUT2D eigenvalue weighted by Gasteiger charge is 2.14. The van der Waals surface area contributed by atoms with E-state index in [-0.39, 0.29) is 5.91 Å². The highest BCUT2D eigenvalue weighted by molar-refractivity contribution is 7.14. The van der Waals surface area contributed by atoms with Gasteiger partial charge in [0.2, 0.25) is 5.91 Å². The van der Waals surface area contributed by atoms with Crippen LogP contribution in [0.25, 0.3) is 17.3 Å². The molecule has 0 atom stereocenters. The van der Waals surface area contributed by atoms with Crippen LogP contribution in [-0.4, -0.2) is 31.7 Å². The van der Waals surface area contributed by atoms with Crippen LogP contribution in [0, 0.1) is 0 Å². The van der Waals surface area contributed by atoms with Crippen molar-refractivity contribution < 1.29 is 19.0 Å². The Labute approximate surface area is 172 Å². The van der Waals surface area contributed by atoms with Gasteiger partial charge in [-0.1, -0.05) is 6.07 Å². The normalized spacial score (nSPS) is 12.5. The molecule has 1 amide bonds. The van der Waals surface area contributed by atoms with Crippen LogP contribution in [0.4, 0.5) is 5.13 Å². The number of hydrogen-bond donors (Lipinski definition) is 1. The highest BCUT2D eigenvalue weighted by Crippen LogP contribution is 2.32. The summed E-state index contributed by atoms with van der Waals surface area (Å²) in [5.74, 6) is 1.95. The summed E-state index contributed by atoms with van der Waals surface area (Å²) in [6, 6.07) is 11.5. The molecule has 0 bridgehead atoms. The third kappa shape index (κ3) is 4.25. The van der Waals surface area contributed by atoms with E-state index in [4.69, 9.17) is 14.2 Å². The number of anilines is 1. The number of thiazole rings is 1. The zero-order valence-electron chi connectivity index (χ0n) is 16.1. The third-order valence-electron chi connectivity index (χ3n) is 4.55. The van der Waals surface area contributed by atoms with E-state index in [0.717, 1.165) is 35.6 Å². The maximum absolute atomic E-state index is 12.3. The second kappa shape index (κ2) is 8.36. The molecule has 1 N–H and O–H groups in total. The van der Waals surface area contributed by atoms with E-state index >= 15 is 0 Å². The van der Waals surface area contributed by atoms with Gasteiger partial charge >= 0.3 is 0 Å². The molecule has 0 radical (unpaired) electrons. The van der Waals surface area contributed by atoms with Gasteiger partial charge in [-0.25, -0.2) is 4.98 Å². The van der Waals surface area contributed by atoms with Crippen molar-refractivity contribution in [2.24, 2.45) is 0 Å². The summed E-state index contributed by atoms with van der Waals surface area (Å²) in [6.45, 7) is 0.726. The van der Waals surface area contributed by atoms with Gasteiger partial charge in [0.25, 0.3) is 0 Å². The first-order chi connectivity index (χ1) is 14.2. The maximum atomic E-state index is 12.3. The maximum Gasteiger partial charge on any atom is 0.250 e. The minimum Gasteiger partial charge on any atom is -0.493 e. The average Bonchev–Trinajstić information content (AvgIpc) is 3.40. The zero-order chi connectivity index (χ0) is 20.2. The summed E-state index contributed by atoms with van der Waals surface area (Å²) in [5, 5.41) is 5.30. The Morgan fingerprint density at radius 1 is 1.17 bits per heavy atom. The molecule has 1 aliphatic heterocycles. The van der Waals surface area contributed by atoms with Crippen molar-refractivity contribution in [2.75, 3.05) is 26.1 Å². The molecular weight excluding hydrogens is 388 g/mol. The van der Waals surface area contributed by atoms with E-state index < -0.39 is 0 Å². The number of aromatic nitrogens is 1. The van der Waals surface area contributed by atoms with Gasteiger partial charge in [-0.2, -0.15) is 0 Å². The molecule has 29 heavy (non-hydrogen) atoms. The molecule has 2 heterocycles. The molecule has 3 aromatic rings. The molecule has 2 aromatic carbocycles. The zero-order valence-corrected chi connectivity index (χ0v) is 16.9. The van der Waals surface area contributed by atoms with Crippen molar-refractivity contribution in [1.29, 1.82) is 0 Å². The third-order valence-corrected chi connectivity index (χ3v) is 5.31. The minimum absolute atomic E-state index is 0.247. The number of nitrogens with zero attached hydrogens (tertiary/aromatic N) is 1. The number of benzene rings is 2. The lowest BCUT2D eigenvalue weighted by Gasteiger charge is -2.07. The Balaban J connectivity index is 1.42. The van der Waals surface area contributed by atoms with Crippen LogP contribution < -0.4 is 19.5 Å². The molecular formula is C22H20N2O4S. The number of ether oxygens (including phenoxy) is 3. The van der Waals surface area contributed by atoms with Crippen molar-refractivity contribution in [3.63, 3.8) is 0 Å². The fourth-order valence-electron chi connectivity index (χ4n) is 3.09. The molecule has 0 spiro atoms. The van der Waals surface area contributed by atoms with E-state index in [1.807, 2.05) is 29.6 Å². The molecule has 0 saturated carbocycles. The van der Waals surface area contributed by atoms with Gasteiger partial charge in [-0.05, 0) is 47.5 Å². The lowest BCUT2D eigenvalue weighted by Crippen LogP contribution is -2.07. The van der Waals surface area contributed by atoms with Crippen molar-refractivity contribution in [2.45, 2.75) is 6.42 Å². The Kier molecular flexibility index (Phi) is 5.48. The molecule has 1 aliphatic rings. The Bertz CT molecular complexity index is 1070. The molecule has 1 aromatic heterocycles. The number of hydrogen-bond acceptors (Lipinski definition) is 6. The van der Waals surface area contributed by atoms with Crippen LogP contribution in [0.15, 0.2) is 47.9 Å². The predicted octanol–water partition coefficient (Wildman–Crippen LogP) is 4.41. The summed E-state index contributed by atoms with van der Waals surface area (Å²) in [7, 11) is 3.16. The van der Waals surface area contributed by atoms with Gasteiger partial charge < -0.3 is 14.2 Å². The molecule has 0 aliphatic carbocycles. The second-order valence-electron chi connectivity index (χ2n) is 6.40. The molecule has 0 saturated heterocycles. The molecule has 4 rings (SSSR count). The SMILES string of the molecule is COc1ccc(C=CC(=O)Nc2nc(-c3ccc4c(c3)CCO4)cs2)cc1OC. The first-order valence-electron chi connectivity index (χ1n) is 9.09. The van der Waals surface area contributed by atoms with Crippen molar-refractivity contribution in [1.82, 2.24) is 4.98 Å². The number of carbonyl (C=O) groups is 1. The summed E-state index contributed by atoms with van der Waals surface area (Å²) in [6.07, 6.45) is 4.10. The van der Waals surface area contributed by atoms with Crippen LogP contribution in [0.3, 0.4) is 0 Å². The van der Waals surface area contributed by atoms with E-state index in [0.29, 0.717) is 16.6 Å². The van der Waals surface area contributed by atoms with Crippen molar-refractivity contribution >= 4 is 28.5 Å². The van der Waals surface area contributed by atoms with Gasteiger partial charge in [0.1, 0.15) is 5.75 Å². The first-order valence-corrected chi connectivity index (χ1v) is 9.97. The quantitative estimate of drug-likeness (QED) is 0.612. The van der Waals surface area contributed by atoms with Crippen LogP contribution in [0.2, 0.25) is 0 Å². The van der Waals surface area contributed by atoms with E-state index in [2.05, 4.69) is 16.4 Å². The van der Waals surface area contributed by atoms with Crippen molar-refractivity contribution in [3.05, 3.63) is 59.0 Å². The Morgan fingerprint density at radius 3 is 2.86 bits per heavy atom. The number of methoxy groups -OCH3 is 2. The predicted molar refractivity (Wildman–Crippen MR) is 114 cm³/mol. The lowest BCUT2D eigenvalue weighted by atomic mass is 10.1. The number of nitrogens with one attached hydrogen (secondary N) is 1. The van der Waals surface area contributed by atoms with Crippen LogP contribution >= 0.6 is 11.3 Å². The lowest BCUT2D eigenvalue weighted by molar-refractivity contribution is -0.111. The van der Waals surface area contributed by atoms with Crippen molar-refractivity contribution in [3.8, 4) is 28.5 Å². The van der Waals surface area contributed by atoms with Crippen LogP contribution in [-0.2, 0) is 11.2 Å². The Hall–Kier alpha value is -3.32. The summed E-state index contributed by atoms with van der Waals surface area (Å²) in [5.41, 5.74) is 3.88. The number of carbonyl (C=O) groups excluding carboxylic acids is 1. The van der Waals surface area contributed by atoms with Gasteiger partial charge in [0, 0.05) is 23.4 Å². The monoisotopic (exact) mass is 408 g/mol. The molecule has 7 heteroatoms. The van der Waals surface area contributed by atoms with Gasteiger partial charge in [0.05, 0.1) is 26.5 Å². The number of fused-ring (bicyclic) bond motifs is 1. The summed E-state index contributed by atoms with van der Waals surface area (Å²) < 4.78 is 16.0. The van der Waals surface area contributed by atoms with E-state index in [1.165, 1.54) is 23.0 Å². The fraction of sp³-hybridized carbons (Fsp3) is 0.182. The smallest absolute Gasteiger partial charge is 0.250 e. The van der Waals surface area contributed by atoms with Crippen LogP contribution in [0.1, 0.15) is 11.1 Å². The highest BCUT2D eigenvalue weighted by atomic mass is 32.1.